The number of hydrogen-bond acceptors (Lipinski definition) is 12. The van der Waals surface area contributed by atoms with Gasteiger partial charge in [-0.2, -0.15) is 8.78 Å². The number of nitro groups is 4. The molecule has 0 radical (unpaired) electrons. The van der Waals surface area contributed by atoms with Gasteiger partial charge < -0.3 is 21.3 Å². The van der Waals surface area contributed by atoms with E-state index in [9.17, 15) is 58.8 Å². The Morgan fingerprint density at radius 2 is 0.792 bits per heavy atom. The number of carbonyl (C=O) groups is 2. The van der Waals surface area contributed by atoms with E-state index in [0.717, 1.165) is 12.1 Å². The molecule has 0 fully saturated rings. The van der Waals surface area contributed by atoms with Gasteiger partial charge in [-0.15, -0.1) is 0 Å². The van der Waals surface area contributed by atoms with Crippen molar-refractivity contribution in [2.45, 2.75) is 41.5 Å². The number of nitrogens with one attached hydrogen (secondary N) is 4. The van der Waals surface area contributed by atoms with Crippen molar-refractivity contribution >= 4 is 68.7 Å². The van der Waals surface area contributed by atoms with Crippen molar-refractivity contribution in [3.05, 3.63) is 88.5 Å². The average Bonchev–Trinajstić information content (AvgIpc) is 2.93. The lowest BCUT2D eigenvalue weighted by Gasteiger charge is -2.24. The van der Waals surface area contributed by atoms with Gasteiger partial charge in [0.1, 0.15) is 11.4 Å². The molecule has 0 saturated carbocycles. The zero-order chi connectivity index (χ0) is 36.5. The van der Waals surface area contributed by atoms with Crippen LogP contribution in [0.1, 0.15) is 41.5 Å². The van der Waals surface area contributed by atoms with Gasteiger partial charge in [0.05, 0.1) is 54.6 Å². The highest BCUT2D eigenvalue weighted by Gasteiger charge is 2.30. The maximum absolute atomic E-state index is 14.7. The van der Waals surface area contributed by atoms with Crippen LogP contribution in [0.2, 0.25) is 0 Å². The number of nitrogens with zero attached hydrogens (tertiary/aromatic N) is 4. The van der Waals surface area contributed by atoms with Crippen LogP contribution in [0.3, 0.4) is 0 Å². The van der Waals surface area contributed by atoms with E-state index in [1.54, 1.807) is 41.5 Å². The molecule has 0 unspecified atom stereocenters. The SMILES string of the molecule is CC(C)(C)C(=O)Nc1cc(Nc2cc(F)c([N+](=O)[O-])cc2[N+](=O)[O-])c(Nc2cc(F)c([N+](=O)[O-])cc2[N+](=O)[O-])cc1NC(=O)C(C)(C)C. The fraction of sp³-hybridized carbons (Fsp3) is 0.286. The number of rotatable bonds is 10. The third kappa shape index (κ3) is 8.08. The summed E-state index contributed by atoms with van der Waals surface area (Å²) in [7, 11) is 0. The number of anilines is 6. The molecule has 0 heterocycles. The van der Waals surface area contributed by atoms with Gasteiger partial charge in [-0.05, 0) is 12.1 Å². The molecule has 0 saturated heterocycles. The summed E-state index contributed by atoms with van der Waals surface area (Å²) in [5.74, 6) is -4.13. The van der Waals surface area contributed by atoms with E-state index in [0.29, 0.717) is 24.3 Å². The summed E-state index contributed by atoms with van der Waals surface area (Å²) < 4.78 is 29.4. The summed E-state index contributed by atoms with van der Waals surface area (Å²) in [5, 5.41) is 56.3. The van der Waals surface area contributed by atoms with Gasteiger partial charge in [0.15, 0.2) is 0 Å². The second-order valence-electron chi connectivity index (χ2n) is 12.3. The van der Waals surface area contributed by atoms with Crippen LogP contribution in [0, 0.1) is 62.9 Å². The lowest BCUT2D eigenvalue weighted by molar-refractivity contribution is -0.395. The molecule has 0 spiro atoms. The van der Waals surface area contributed by atoms with E-state index in [1.165, 1.54) is 0 Å². The number of amides is 2. The van der Waals surface area contributed by atoms with Crippen molar-refractivity contribution in [1.29, 1.82) is 0 Å². The predicted molar refractivity (Wildman–Crippen MR) is 169 cm³/mol. The summed E-state index contributed by atoms with van der Waals surface area (Å²) in [6.45, 7) is 9.39. The van der Waals surface area contributed by atoms with Crippen molar-refractivity contribution < 1.29 is 38.1 Å². The van der Waals surface area contributed by atoms with Crippen LogP contribution in [-0.2, 0) is 9.59 Å². The first-order valence-corrected chi connectivity index (χ1v) is 13.6. The molecular formula is C28H28F2N8O10. The Hall–Kier alpha value is -6.34. The Morgan fingerprint density at radius 3 is 1.04 bits per heavy atom. The number of benzene rings is 3. The molecule has 0 bridgehead atoms. The monoisotopic (exact) mass is 674 g/mol. The molecule has 254 valence electrons. The molecule has 3 rings (SSSR count). The molecule has 4 N–H and O–H groups in total. The van der Waals surface area contributed by atoms with Crippen LogP contribution < -0.4 is 21.3 Å². The predicted octanol–water partition coefficient (Wildman–Crippen LogP) is 7.05. The van der Waals surface area contributed by atoms with Gasteiger partial charge in [0.2, 0.25) is 23.4 Å². The maximum Gasteiger partial charge on any atom is 0.311 e. The number of nitro benzene ring substituents is 4. The lowest BCUT2D eigenvalue weighted by atomic mass is 9.94. The molecule has 0 aliphatic rings. The Bertz CT molecular complexity index is 1750. The van der Waals surface area contributed by atoms with Crippen LogP contribution in [0.25, 0.3) is 0 Å². The number of halogens is 2. The van der Waals surface area contributed by atoms with Gasteiger partial charge in [-0.3, -0.25) is 50.0 Å². The Labute approximate surface area is 269 Å². The molecule has 0 aliphatic carbocycles. The van der Waals surface area contributed by atoms with Crippen LogP contribution in [0.4, 0.5) is 65.7 Å². The normalized spacial score (nSPS) is 11.3. The zero-order valence-electron chi connectivity index (χ0n) is 26.1. The first-order valence-electron chi connectivity index (χ1n) is 13.6. The molecular weight excluding hydrogens is 646 g/mol. The molecule has 0 atom stereocenters. The van der Waals surface area contributed by atoms with Crippen LogP contribution >= 0.6 is 0 Å². The van der Waals surface area contributed by atoms with Gasteiger partial charge in [0.25, 0.3) is 11.4 Å². The highest BCUT2D eigenvalue weighted by Crippen LogP contribution is 2.43. The largest absolute Gasteiger partial charge is 0.348 e. The van der Waals surface area contributed by atoms with Gasteiger partial charge in [-0.1, -0.05) is 41.5 Å². The van der Waals surface area contributed by atoms with Crippen molar-refractivity contribution in [1.82, 2.24) is 0 Å². The summed E-state index contributed by atoms with van der Waals surface area (Å²) in [5.41, 5.74) is -8.63. The highest BCUT2D eigenvalue weighted by atomic mass is 19.1. The third-order valence-corrected chi connectivity index (χ3v) is 6.47. The average molecular weight is 675 g/mol. The minimum absolute atomic E-state index is 0.130. The molecule has 3 aromatic rings. The molecule has 2 amide bonds. The van der Waals surface area contributed by atoms with E-state index >= 15 is 0 Å². The molecule has 0 aromatic heterocycles. The minimum atomic E-state index is -1.48. The topological polar surface area (TPSA) is 255 Å². The smallest absolute Gasteiger partial charge is 0.311 e. The third-order valence-electron chi connectivity index (χ3n) is 6.47. The van der Waals surface area contributed by atoms with Crippen LogP contribution in [-0.4, -0.2) is 31.5 Å². The summed E-state index contributed by atoms with van der Waals surface area (Å²) in [6.07, 6.45) is 0. The fourth-order valence-corrected chi connectivity index (χ4v) is 3.81. The quantitative estimate of drug-likeness (QED) is 0.125. The summed E-state index contributed by atoms with van der Waals surface area (Å²) in [4.78, 5) is 67.7. The van der Waals surface area contributed by atoms with Gasteiger partial charge in [-0.25, -0.2) is 0 Å². The number of carbonyl (C=O) groups excluding carboxylic acids is 2. The van der Waals surface area contributed by atoms with E-state index in [-0.39, 0.29) is 22.7 Å². The highest BCUT2D eigenvalue weighted by molar-refractivity contribution is 6.05. The van der Waals surface area contributed by atoms with Crippen molar-refractivity contribution in [2.75, 3.05) is 21.3 Å². The first-order chi connectivity index (χ1) is 22.0. The van der Waals surface area contributed by atoms with E-state index in [4.69, 9.17) is 0 Å². The van der Waals surface area contributed by atoms with E-state index in [2.05, 4.69) is 21.3 Å². The second kappa shape index (κ2) is 13.2. The fourth-order valence-electron chi connectivity index (χ4n) is 3.81. The zero-order valence-corrected chi connectivity index (χ0v) is 26.1. The van der Waals surface area contributed by atoms with Crippen molar-refractivity contribution in [3.8, 4) is 0 Å². The van der Waals surface area contributed by atoms with Crippen molar-refractivity contribution in [3.63, 3.8) is 0 Å². The minimum Gasteiger partial charge on any atom is -0.348 e. The van der Waals surface area contributed by atoms with Crippen LogP contribution in [0.5, 0.6) is 0 Å². The molecule has 48 heavy (non-hydrogen) atoms. The Kier molecular flexibility index (Phi) is 9.92. The first kappa shape index (κ1) is 36.1. The molecule has 18 nitrogen and oxygen atoms in total. The standard InChI is InChI=1S/C28H28F2N8O10/c1-27(2,3)25(39)33-17-9-15(31-19-7-13(29)21(35(41)42)11-23(19)37(45)46)16(10-18(17)34-26(40)28(4,5)6)32-20-8-14(30)22(36(43)44)12-24(20)38(47)48/h7-12,31-32H,1-6H3,(H,33,39)(H,34,40). The Balaban J connectivity index is 2.39. The van der Waals surface area contributed by atoms with E-state index < -0.39 is 88.1 Å². The molecule has 0 aliphatic heterocycles. The lowest BCUT2D eigenvalue weighted by Crippen LogP contribution is -2.30. The summed E-state index contributed by atoms with van der Waals surface area (Å²) in [6, 6.07) is 3.78. The van der Waals surface area contributed by atoms with Crippen LogP contribution in [0.15, 0.2) is 36.4 Å². The van der Waals surface area contributed by atoms with E-state index in [1.807, 2.05) is 0 Å². The number of hydrogen-bond donors (Lipinski definition) is 4. The van der Waals surface area contributed by atoms with Gasteiger partial charge in [0, 0.05) is 23.0 Å². The maximum atomic E-state index is 14.7. The molecule has 3 aromatic carbocycles. The summed E-state index contributed by atoms with van der Waals surface area (Å²) >= 11 is 0. The van der Waals surface area contributed by atoms with Crippen molar-refractivity contribution in [2.24, 2.45) is 10.8 Å². The molecule has 20 heteroatoms. The Morgan fingerprint density at radius 1 is 0.500 bits per heavy atom. The second-order valence-corrected chi connectivity index (χ2v) is 12.3. The van der Waals surface area contributed by atoms with Gasteiger partial charge >= 0.3 is 11.4 Å².